The quantitative estimate of drug-likeness (QED) is 0.811. The Morgan fingerprint density at radius 3 is 2.74 bits per heavy atom. The van der Waals surface area contributed by atoms with Crippen LogP contribution in [-0.4, -0.2) is 23.5 Å². The molecule has 1 aromatic carbocycles. The first-order valence-corrected chi connectivity index (χ1v) is 6.55. The number of nitrogens with two attached hydrogens (primary N) is 1. The summed E-state index contributed by atoms with van der Waals surface area (Å²) in [5.41, 5.74) is 5.98. The maximum Gasteiger partial charge on any atom is 0.409 e. The summed E-state index contributed by atoms with van der Waals surface area (Å²) >= 11 is 1.44. The number of ether oxygens (including phenoxy) is 1. The van der Waals surface area contributed by atoms with Crippen molar-refractivity contribution in [2.24, 2.45) is 5.73 Å². The lowest BCUT2D eigenvalue weighted by Crippen LogP contribution is -2.20. The highest BCUT2D eigenvalue weighted by atomic mass is 32.2. The van der Waals surface area contributed by atoms with E-state index >= 15 is 0 Å². The van der Waals surface area contributed by atoms with E-state index in [0.717, 1.165) is 5.56 Å². The largest absolute Gasteiger partial charge is 0.410 e. The molecule has 0 aromatic heterocycles. The minimum atomic E-state index is -0.973. The molecule has 3 N–H and O–H groups in total. The van der Waals surface area contributed by atoms with E-state index in [-0.39, 0.29) is 28.4 Å². The molecule has 1 aliphatic heterocycles. The molecule has 0 radical (unpaired) electrons. The molecule has 0 bridgehead atoms. The number of amides is 2. The van der Waals surface area contributed by atoms with Crippen LogP contribution in [0.5, 0.6) is 5.75 Å². The molecule has 1 aromatic rings. The number of carbonyl (C=O) groups excluding carboxylic acids is 3. The van der Waals surface area contributed by atoms with Crippen LogP contribution in [0.1, 0.15) is 28.2 Å². The van der Waals surface area contributed by atoms with Crippen molar-refractivity contribution in [1.82, 2.24) is 5.32 Å². The van der Waals surface area contributed by atoms with Gasteiger partial charge in [-0.3, -0.25) is 9.59 Å². The molecule has 100 valence electrons. The van der Waals surface area contributed by atoms with E-state index in [0.29, 0.717) is 5.75 Å². The number of thioether (sulfide) groups is 1. The molecule has 1 heterocycles. The Morgan fingerprint density at radius 1 is 1.47 bits per heavy atom. The lowest BCUT2D eigenvalue weighted by atomic mass is 10.1. The van der Waals surface area contributed by atoms with E-state index in [4.69, 9.17) is 10.5 Å². The normalized spacial score (nSPS) is 17.9. The first kappa shape index (κ1) is 13.4. The zero-order valence-corrected chi connectivity index (χ0v) is 11.0. The van der Waals surface area contributed by atoms with Crippen LogP contribution in [0.15, 0.2) is 18.2 Å². The SMILES string of the molecule is CC(=O)c1cc(C2NC(=O)CS2)ccc1OC(N)=O. The number of primary amides is 1. The molecule has 1 saturated heterocycles. The summed E-state index contributed by atoms with van der Waals surface area (Å²) in [6.07, 6.45) is -0.973. The molecule has 6 nitrogen and oxygen atoms in total. The summed E-state index contributed by atoms with van der Waals surface area (Å²) in [4.78, 5) is 33.5. The third kappa shape index (κ3) is 3.05. The zero-order chi connectivity index (χ0) is 14.0. The van der Waals surface area contributed by atoms with Gasteiger partial charge >= 0.3 is 6.09 Å². The summed E-state index contributed by atoms with van der Waals surface area (Å²) in [6, 6.07) is 4.79. The molecular weight excluding hydrogens is 268 g/mol. The second kappa shape index (κ2) is 5.31. The second-order valence-electron chi connectivity index (χ2n) is 3.99. The lowest BCUT2D eigenvalue weighted by Gasteiger charge is -2.13. The van der Waals surface area contributed by atoms with Gasteiger partial charge in [0.15, 0.2) is 5.78 Å². The van der Waals surface area contributed by atoms with Gasteiger partial charge in [0, 0.05) is 0 Å². The van der Waals surface area contributed by atoms with Crippen molar-refractivity contribution in [2.45, 2.75) is 12.3 Å². The Bertz CT molecular complexity index is 559. The van der Waals surface area contributed by atoms with Crippen molar-refractivity contribution < 1.29 is 19.1 Å². The van der Waals surface area contributed by atoms with Gasteiger partial charge in [-0.05, 0) is 24.6 Å². The van der Waals surface area contributed by atoms with Gasteiger partial charge in [-0.25, -0.2) is 4.79 Å². The molecule has 1 fully saturated rings. The molecule has 2 amide bonds. The fourth-order valence-corrected chi connectivity index (χ4v) is 2.71. The minimum Gasteiger partial charge on any atom is -0.410 e. The van der Waals surface area contributed by atoms with Crippen LogP contribution < -0.4 is 15.8 Å². The number of Topliss-reactive ketones (excluding diaryl/α,β-unsaturated/α-hetero) is 1. The highest BCUT2D eigenvalue weighted by Gasteiger charge is 2.24. The first-order valence-electron chi connectivity index (χ1n) is 5.50. The number of nitrogens with one attached hydrogen (secondary N) is 1. The van der Waals surface area contributed by atoms with Gasteiger partial charge in [-0.15, -0.1) is 11.8 Å². The van der Waals surface area contributed by atoms with Crippen LogP contribution in [0.25, 0.3) is 0 Å². The highest BCUT2D eigenvalue weighted by molar-refractivity contribution is 8.00. The number of hydrogen-bond acceptors (Lipinski definition) is 5. The van der Waals surface area contributed by atoms with Gasteiger partial charge in [-0.2, -0.15) is 0 Å². The lowest BCUT2D eigenvalue weighted by molar-refractivity contribution is -0.118. The molecule has 7 heteroatoms. The number of rotatable bonds is 3. The summed E-state index contributed by atoms with van der Waals surface area (Å²) < 4.78 is 4.77. The van der Waals surface area contributed by atoms with Crippen LogP contribution in [0.4, 0.5) is 4.79 Å². The number of ketones is 1. The monoisotopic (exact) mass is 280 g/mol. The fourth-order valence-electron chi connectivity index (χ4n) is 1.75. The van der Waals surface area contributed by atoms with Crippen LogP contribution in [0.2, 0.25) is 0 Å². The van der Waals surface area contributed by atoms with Gasteiger partial charge in [0.25, 0.3) is 0 Å². The summed E-state index contributed by atoms with van der Waals surface area (Å²) in [7, 11) is 0. The average molecular weight is 280 g/mol. The maximum atomic E-state index is 11.6. The van der Waals surface area contributed by atoms with E-state index in [2.05, 4.69) is 5.32 Å². The molecular formula is C12H12N2O4S. The molecule has 2 rings (SSSR count). The number of carbonyl (C=O) groups is 3. The van der Waals surface area contributed by atoms with Crippen molar-refractivity contribution in [1.29, 1.82) is 0 Å². The Kier molecular flexibility index (Phi) is 3.75. The highest BCUT2D eigenvalue weighted by Crippen LogP contribution is 2.33. The predicted octanol–water partition coefficient (Wildman–Crippen LogP) is 1.21. The van der Waals surface area contributed by atoms with Gasteiger partial charge in [0.1, 0.15) is 11.1 Å². The van der Waals surface area contributed by atoms with Crippen molar-refractivity contribution in [3.8, 4) is 5.75 Å². The fraction of sp³-hybridized carbons (Fsp3) is 0.250. The topological polar surface area (TPSA) is 98.5 Å². The number of benzene rings is 1. The van der Waals surface area contributed by atoms with Gasteiger partial charge in [0.05, 0.1) is 11.3 Å². The molecule has 0 aliphatic carbocycles. The molecule has 0 spiro atoms. The molecule has 1 aliphatic rings. The smallest absolute Gasteiger partial charge is 0.409 e. The van der Waals surface area contributed by atoms with Crippen LogP contribution in [0, 0.1) is 0 Å². The van der Waals surface area contributed by atoms with Crippen LogP contribution >= 0.6 is 11.8 Å². The molecule has 1 unspecified atom stereocenters. The summed E-state index contributed by atoms with van der Waals surface area (Å²) in [5, 5.41) is 2.59. The van der Waals surface area contributed by atoms with Crippen molar-refractivity contribution in [2.75, 3.05) is 5.75 Å². The van der Waals surface area contributed by atoms with Crippen molar-refractivity contribution in [3.63, 3.8) is 0 Å². The van der Waals surface area contributed by atoms with Crippen molar-refractivity contribution in [3.05, 3.63) is 29.3 Å². The first-order chi connectivity index (χ1) is 8.97. The van der Waals surface area contributed by atoms with E-state index in [1.807, 2.05) is 0 Å². The van der Waals surface area contributed by atoms with Gasteiger partial charge in [-0.1, -0.05) is 6.07 Å². The average Bonchev–Trinajstić information content (AvgIpc) is 2.75. The molecule has 0 saturated carbocycles. The number of hydrogen-bond donors (Lipinski definition) is 2. The molecule has 1 atom stereocenters. The van der Waals surface area contributed by atoms with Gasteiger partial charge in [0.2, 0.25) is 5.91 Å². The Balaban J connectivity index is 2.33. The van der Waals surface area contributed by atoms with E-state index in [1.165, 1.54) is 24.8 Å². The predicted molar refractivity (Wildman–Crippen MR) is 70.0 cm³/mol. The van der Waals surface area contributed by atoms with E-state index in [1.54, 1.807) is 12.1 Å². The van der Waals surface area contributed by atoms with Gasteiger partial charge < -0.3 is 15.8 Å². The summed E-state index contributed by atoms with van der Waals surface area (Å²) in [6.45, 7) is 1.37. The molecule has 19 heavy (non-hydrogen) atoms. The zero-order valence-electron chi connectivity index (χ0n) is 10.1. The van der Waals surface area contributed by atoms with E-state index < -0.39 is 6.09 Å². The standard InChI is InChI=1S/C12H12N2O4S/c1-6(15)8-4-7(11-14-10(16)5-19-11)2-3-9(8)18-12(13)17/h2-4,11H,5H2,1H3,(H2,13,17)(H,14,16). The maximum absolute atomic E-state index is 11.6. The second-order valence-corrected chi connectivity index (χ2v) is 5.08. The minimum absolute atomic E-state index is 0.0446. The van der Waals surface area contributed by atoms with Crippen molar-refractivity contribution >= 4 is 29.5 Å². The van der Waals surface area contributed by atoms with E-state index in [9.17, 15) is 14.4 Å². The Labute approximate surface area is 113 Å². The third-order valence-electron chi connectivity index (χ3n) is 2.57. The third-order valence-corrected chi connectivity index (χ3v) is 3.72. The summed E-state index contributed by atoms with van der Waals surface area (Å²) in [5.74, 6) is 0.224. The Morgan fingerprint density at radius 2 is 2.21 bits per heavy atom. The van der Waals surface area contributed by atoms with Crippen LogP contribution in [0.3, 0.4) is 0 Å². The van der Waals surface area contributed by atoms with Crippen LogP contribution in [-0.2, 0) is 4.79 Å². The Hall–Kier alpha value is -2.02.